The van der Waals surface area contributed by atoms with Gasteiger partial charge in [-0.25, -0.2) is 5.01 Å². The molecule has 0 fully saturated rings. The van der Waals surface area contributed by atoms with Gasteiger partial charge in [-0.2, -0.15) is 5.10 Å². The normalized spacial score (nSPS) is 16.8. The van der Waals surface area contributed by atoms with Gasteiger partial charge in [0.05, 0.1) is 12.3 Å². The van der Waals surface area contributed by atoms with Gasteiger partial charge in [0.1, 0.15) is 11.5 Å². The quantitative estimate of drug-likeness (QED) is 0.705. The third kappa shape index (κ3) is 2.87. The number of hydrazone groups is 1. The highest BCUT2D eigenvalue weighted by Crippen LogP contribution is 2.34. The minimum atomic E-state index is -0.131. The molecule has 1 atom stereocenters. The molecule has 2 heterocycles. The van der Waals surface area contributed by atoms with E-state index in [4.69, 9.17) is 4.42 Å². The highest BCUT2D eigenvalue weighted by Gasteiger charge is 2.34. The van der Waals surface area contributed by atoms with Crippen LogP contribution >= 0.6 is 0 Å². The van der Waals surface area contributed by atoms with Gasteiger partial charge < -0.3 is 4.42 Å². The van der Waals surface area contributed by atoms with Crippen LogP contribution in [0.2, 0.25) is 0 Å². The van der Waals surface area contributed by atoms with Gasteiger partial charge in [0, 0.05) is 12.0 Å². The van der Waals surface area contributed by atoms with Gasteiger partial charge in [-0.05, 0) is 36.2 Å². The molecule has 4 rings (SSSR count). The van der Waals surface area contributed by atoms with E-state index in [0.717, 1.165) is 16.8 Å². The molecule has 0 saturated heterocycles. The molecule has 1 amide bonds. The number of nitrogens with zero attached hydrogens (tertiary/aromatic N) is 2. The maximum atomic E-state index is 13.2. The topological polar surface area (TPSA) is 45.8 Å². The predicted molar refractivity (Wildman–Crippen MR) is 96.4 cm³/mol. The van der Waals surface area contributed by atoms with Gasteiger partial charge in [-0.15, -0.1) is 0 Å². The lowest BCUT2D eigenvalue weighted by Gasteiger charge is -2.22. The summed E-state index contributed by atoms with van der Waals surface area (Å²) in [4.78, 5) is 13.2. The average Bonchev–Trinajstić information content (AvgIpc) is 3.32. The average molecular weight is 330 g/mol. The summed E-state index contributed by atoms with van der Waals surface area (Å²) in [6.07, 6.45) is 2.26. The molecule has 0 N–H and O–H groups in total. The van der Waals surface area contributed by atoms with E-state index in [9.17, 15) is 4.79 Å². The zero-order chi connectivity index (χ0) is 17.2. The lowest BCUT2D eigenvalue weighted by Crippen LogP contribution is -2.27. The Labute approximate surface area is 146 Å². The van der Waals surface area contributed by atoms with Crippen LogP contribution in [-0.4, -0.2) is 16.6 Å². The van der Waals surface area contributed by atoms with Crippen LogP contribution in [0.25, 0.3) is 0 Å². The molecule has 3 aromatic rings. The number of carbonyl (C=O) groups excluding carboxylic acids is 1. The number of hydrogen-bond acceptors (Lipinski definition) is 3. The number of aryl methyl sites for hydroxylation is 1. The van der Waals surface area contributed by atoms with E-state index in [0.29, 0.717) is 17.7 Å². The fraction of sp³-hybridized carbons (Fsp3) is 0.143. The number of furan rings is 1. The third-order valence-electron chi connectivity index (χ3n) is 4.48. The van der Waals surface area contributed by atoms with E-state index in [1.165, 1.54) is 0 Å². The van der Waals surface area contributed by atoms with Gasteiger partial charge in [0.2, 0.25) is 0 Å². The molecular formula is C21H18N2O2. The Bertz CT molecular complexity index is 914. The van der Waals surface area contributed by atoms with Gasteiger partial charge >= 0.3 is 0 Å². The molecule has 0 aliphatic carbocycles. The first-order chi connectivity index (χ1) is 12.2. The lowest BCUT2D eigenvalue weighted by molar-refractivity contribution is 0.0710. The number of rotatable bonds is 3. The van der Waals surface area contributed by atoms with Crippen molar-refractivity contribution in [1.29, 1.82) is 0 Å². The van der Waals surface area contributed by atoms with Crippen LogP contribution in [0.1, 0.15) is 39.7 Å². The summed E-state index contributed by atoms with van der Waals surface area (Å²) < 4.78 is 5.49. The van der Waals surface area contributed by atoms with E-state index in [1.54, 1.807) is 11.3 Å². The van der Waals surface area contributed by atoms with Crippen molar-refractivity contribution in [3.63, 3.8) is 0 Å². The molecule has 25 heavy (non-hydrogen) atoms. The van der Waals surface area contributed by atoms with Crippen LogP contribution in [0.15, 0.2) is 82.5 Å². The standard InChI is InChI=1S/C21H18N2O2/c1-15-8-5-6-11-17(15)21(24)23-19(16-9-3-2-4-10-16)14-18(22-23)20-12-7-13-25-20/h2-13,19H,14H2,1H3/t19-/m1/s1. The van der Waals surface area contributed by atoms with Crippen molar-refractivity contribution in [3.8, 4) is 0 Å². The van der Waals surface area contributed by atoms with Crippen molar-refractivity contribution in [3.05, 3.63) is 95.4 Å². The van der Waals surface area contributed by atoms with Crippen molar-refractivity contribution >= 4 is 11.6 Å². The maximum absolute atomic E-state index is 13.2. The summed E-state index contributed by atoms with van der Waals surface area (Å²) in [5.41, 5.74) is 3.48. The number of amides is 1. The van der Waals surface area contributed by atoms with E-state index in [1.807, 2.05) is 73.7 Å². The molecule has 0 bridgehead atoms. The first-order valence-corrected chi connectivity index (χ1v) is 8.29. The summed E-state index contributed by atoms with van der Waals surface area (Å²) in [6, 6.07) is 21.2. The second kappa shape index (κ2) is 6.40. The Kier molecular flexibility index (Phi) is 3.94. The first kappa shape index (κ1) is 15.4. The summed E-state index contributed by atoms with van der Waals surface area (Å²) in [5.74, 6) is 0.620. The summed E-state index contributed by atoms with van der Waals surface area (Å²) in [7, 11) is 0. The predicted octanol–water partition coefficient (Wildman–Crippen LogP) is 4.58. The van der Waals surface area contributed by atoms with E-state index < -0.39 is 0 Å². The minimum absolute atomic E-state index is 0.0893. The Morgan fingerprint density at radius 1 is 1.04 bits per heavy atom. The second-order valence-corrected chi connectivity index (χ2v) is 6.12. The Balaban J connectivity index is 1.75. The van der Waals surface area contributed by atoms with Crippen molar-refractivity contribution < 1.29 is 9.21 Å². The lowest BCUT2D eigenvalue weighted by atomic mass is 10.00. The van der Waals surface area contributed by atoms with Gasteiger partial charge in [0.15, 0.2) is 0 Å². The molecule has 4 heteroatoms. The van der Waals surface area contributed by atoms with E-state index >= 15 is 0 Å². The van der Waals surface area contributed by atoms with Crippen molar-refractivity contribution in [1.82, 2.24) is 5.01 Å². The zero-order valence-electron chi connectivity index (χ0n) is 13.9. The minimum Gasteiger partial charge on any atom is -0.463 e. The first-order valence-electron chi connectivity index (χ1n) is 8.29. The molecule has 0 unspecified atom stereocenters. The van der Waals surface area contributed by atoms with Crippen LogP contribution in [-0.2, 0) is 0 Å². The summed E-state index contributed by atoms with van der Waals surface area (Å²) in [6.45, 7) is 1.94. The molecule has 0 saturated carbocycles. The van der Waals surface area contributed by atoms with Crippen molar-refractivity contribution in [2.24, 2.45) is 5.10 Å². The van der Waals surface area contributed by atoms with Crippen molar-refractivity contribution in [2.75, 3.05) is 0 Å². The van der Waals surface area contributed by atoms with E-state index in [2.05, 4.69) is 5.10 Å². The largest absolute Gasteiger partial charge is 0.463 e. The molecular weight excluding hydrogens is 312 g/mol. The number of carbonyl (C=O) groups is 1. The van der Waals surface area contributed by atoms with Crippen LogP contribution < -0.4 is 0 Å². The van der Waals surface area contributed by atoms with E-state index in [-0.39, 0.29) is 11.9 Å². The molecule has 0 radical (unpaired) electrons. The smallest absolute Gasteiger partial charge is 0.274 e. The molecule has 0 spiro atoms. The maximum Gasteiger partial charge on any atom is 0.274 e. The van der Waals surface area contributed by atoms with Gasteiger partial charge in [0.25, 0.3) is 5.91 Å². The monoisotopic (exact) mass is 330 g/mol. The van der Waals surface area contributed by atoms with Crippen LogP contribution in [0.5, 0.6) is 0 Å². The Morgan fingerprint density at radius 3 is 2.52 bits per heavy atom. The molecule has 1 aliphatic rings. The molecule has 1 aliphatic heterocycles. The third-order valence-corrected chi connectivity index (χ3v) is 4.48. The highest BCUT2D eigenvalue weighted by molar-refractivity contribution is 6.03. The number of hydrogen-bond donors (Lipinski definition) is 0. The van der Waals surface area contributed by atoms with Crippen LogP contribution in [0, 0.1) is 6.92 Å². The SMILES string of the molecule is Cc1ccccc1C(=O)N1N=C(c2ccco2)C[C@@H]1c1ccccc1. The fourth-order valence-electron chi connectivity index (χ4n) is 3.16. The Morgan fingerprint density at radius 2 is 1.80 bits per heavy atom. The van der Waals surface area contributed by atoms with Gasteiger partial charge in [-0.3, -0.25) is 4.79 Å². The van der Waals surface area contributed by atoms with Crippen LogP contribution in [0.4, 0.5) is 0 Å². The van der Waals surface area contributed by atoms with Gasteiger partial charge in [-0.1, -0.05) is 48.5 Å². The van der Waals surface area contributed by atoms with Crippen LogP contribution in [0.3, 0.4) is 0 Å². The summed E-state index contributed by atoms with van der Waals surface area (Å²) >= 11 is 0. The molecule has 1 aromatic heterocycles. The fourth-order valence-corrected chi connectivity index (χ4v) is 3.16. The molecule has 4 nitrogen and oxygen atoms in total. The molecule has 124 valence electrons. The van der Waals surface area contributed by atoms with Crippen molar-refractivity contribution in [2.45, 2.75) is 19.4 Å². The zero-order valence-corrected chi connectivity index (χ0v) is 13.9. The Hall–Kier alpha value is -3.14. The second-order valence-electron chi connectivity index (χ2n) is 6.12. The molecule has 2 aromatic carbocycles. The number of benzene rings is 2. The highest BCUT2D eigenvalue weighted by atomic mass is 16.3. The summed E-state index contributed by atoms with van der Waals surface area (Å²) in [5, 5.41) is 6.21.